The average Bonchev–Trinajstić information content (AvgIpc) is 3.23. The van der Waals surface area contributed by atoms with E-state index in [1.165, 1.54) is 40.7 Å². The Labute approximate surface area is 235 Å². The maximum atomic E-state index is 15.3. The van der Waals surface area contributed by atoms with E-state index in [2.05, 4.69) is 20.9 Å². The fourth-order valence-electron chi connectivity index (χ4n) is 4.46. The van der Waals surface area contributed by atoms with Crippen LogP contribution in [0.3, 0.4) is 0 Å². The van der Waals surface area contributed by atoms with Crippen molar-refractivity contribution in [3.05, 3.63) is 69.3 Å². The van der Waals surface area contributed by atoms with Crippen molar-refractivity contribution in [2.24, 2.45) is 20.0 Å². The molecule has 0 aliphatic carbocycles. The van der Waals surface area contributed by atoms with E-state index in [9.17, 15) is 23.6 Å². The normalized spacial score (nSPS) is 12.6. The highest BCUT2D eigenvalue weighted by molar-refractivity contribution is 5.97. The SMILES string of the molecule is CCOC(=O)C[C@H](NC(=O)[C@H](CC(C)C)NC(=O)c1cccn(C)c1=O)c1cc(-c2c(C)nnn2C)cc(F)c1F. The number of aryl methyl sites for hydroxylation is 3. The number of carbonyl (C=O) groups excluding carboxylic acids is 3. The number of nitrogens with one attached hydrogen (secondary N) is 2. The van der Waals surface area contributed by atoms with Crippen molar-refractivity contribution in [3.8, 4) is 11.3 Å². The van der Waals surface area contributed by atoms with Crippen LogP contribution in [0, 0.1) is 24.5 Å². The summed E-state index contributed by atoms with van der Waals surface area (Å²) in [6.45, 7) is 6.93. The molecule has 13 heteroatoms. The van der Waals surface area contributed by atoms with Crippen molar-refractivity contribution in [1.82, 2.24) is 30.2 Å². The first-order valence-corrected chi connectivity index (χ1v) is 13.1. The Morgan fingerprint density at radius 3 is 2.44 bits per heavy atom. The van der Waals surface area contributed by atoms with Gasteiger partial charge in [0.1, 0.15) is 11.6 Å². The number of pyridine rings is 1. The molecular formula is C28H34F2N6O5. The Hall–Kier alpha value is -4.42. The molecule has 0 unspecified atom stereocenters. The molecular weight excluding hydrogens is 538 g/mol. The Morgan fingerprint density at radius 1 is 1.12 bits per heavy atom. The topological polar surface area (TPSA) is 137 Å². The summed E-state index contributed by atoms with van der Waals surface area (Å²) in [5, 5.41) is 13.0. The standard InChI is InChI=1S/C28H34F2N6O5/c1-7-41-23(37)14-21(19-12-17(13-20(29)24(19)30)25-16(4)33-34-36(25)6)31-27(39)22(11-15(2)3)32-26(38)18-9-8-10-35(5)28(18)40/h8-10,12-13,15,21-22H,7,11,14H2,1-6H3,(H,31,39)(H,32,38)/t21-,22-/m0/s1. The molecule has 0 saturated carbocycles. The number of benzene rings is 1. The molecule has 0 fully saturated rings. The molecule has 2 heterocycles. The quantitative estimate of drug-likeness (QED) is 0.337. The van der Waals surface area contributed by atoms with Crippen molar-refractivity contribution in [2.75, 3.05) is 6.61 Å². The number of hydrogen-bond acceptors (Lipinski definition) is 7. The van der Waals surface area contributed by atoms with Crippen LogP contribution in [0.1, 0.15) is 61.3 Å². The van der Waals surface area contributed by atoms with Gasteiger partial charge in [0.15, 0.2) is 11.6 Å². The lowest BCUT2D eigenvalue weighted by Crippen LogP contribution is -2.49. The predicted octanol–water partition coefficient (Wildman–Crippen LogP) is 2.72. The predicted molar refractivity (Wildman–Crippen MR) is 146 cm³/mol. The van der Waals surface area contributed by atoms with Crippen LogP contribution in [-0.2, 0) is 28.4 Å². The van der Waals surface area contributed by atoms with Gasteiger partial charge in [-0.05, 0) is 50.5 Å². The number of carbonyl (C=O) groups is 3. The molecule has 0 aliphatic rings. The number of ether oxygens (including phenoxy) is 1. The highest BCUT2D eigenvalue weighted by Crippen LogP contribution is 2.30. The summed E-state index contributed by atoms with van der Waals surface area (Å²) in [7, 11) is 3.08. The largest absolute Gasteiger partial charge is 0.466 e. The van der Waals surface area contributed by atoms with E-state index in [-0.39, 0.29) is 35.6 Å². The molecule has 11 nitrogen and oxygen atoms in total. The number of esters is 1. The van der Waals surface area contributed by atoms with Gasteiger partial charge in [0.2, 0.25) is 5.91 Å². The molecule has 2 atom stereocenters. The molecule has 0 spiro atoms. The molecule has 0 bridgehead atoms. The van der Waals surface area contributed by atoms with E-state index in [1.54, 1.807) is 20.9 Å². The van der Waals surface area contributed by atoms with E-state index < -0.39 is 53.5 Å². The molecule has 0 radical (unpaired) electrons. The van der Waals surface area contributed by atoms with E-state index >= 15 is 4.39 Å². The Balaban J connectivity index is 2.01. The van der Waals surface area contributed by atoms with Crippen molar-refractivity contribution in [1.29, 1.82) is 0 Å². The molecule has 2 N–H and O–H groups in total. The zero-order chi connectivity index (χ0) is 30.4. The summed E-state index contributed by atoms with van der Waals surface area (Å²) in [5.74, 6) is -4.81. The molecule has 220 valence electrons. The van der Waals surface area contributed by atoms with Crippen molar-refractivity contribution < 1.29 is 27.9 Å². The monoisotopic (exact) mass is 572 g/mol. The second kappa shape index (κ2) is 13.3. The maximum absolute atomic E-state index is 15.3. The Morgan fingerprint density at radius 2 is 1.83 bits per heavy atom. The minimum Gasteiger partial charge on any atom is -0.466 e. The number of rotatable bonds is 11. The first-order chi connectivity index (χ1) is 19.3. The van der Waals surface area contributed by atoms with Crippen LogP contribution in [-0.4, -0.2) is 50.0 Å². The first kappa shape index (κ1) is 31.1. The Kier molecular flexibility index (Phi) is 10.1. The highest BCUT2D eigenvalue weighted by atomic mass is 19.2. The van der Waals surface area contributed by atoms with Crippen LogP contribution >= 0.6 is 0 Å². The molecule has 2 aromatic heterocycles. The second-order valence-electron chi connectivity index (χ2n) is 10.1. The minimum atomic E-state index is -1.35. The van der Waals surface area contributed by atoms with E-state index in [4.69, 9.17) is 4.74 Å². The average molecular weight is 573 g/mol. The van der Waals surface area contributed by atoms with E-state index in [0.29, 0.717) is 11.4 Å². The third kappa shape index (κ3) is 7.41. The minimum absolute atomic E-state index is 0.0360. The summed E-state index contributed by atoms with van der Waals surface area (Å²) in [5.41, 5.74) is 0.0966. The van der Waals surface area contributed by atoms with Crippen LogP contribution < -0.4 is 16.2 Å². The number of halogens is 2. The second-order valence-corrected chi connectivity index (χ2v) is 10.1. The van der Waals surface area contributed by atoms with Gasteiger partial charge in [0.05, 0.1) is 30.5 Å². The Bertz CT molecular complexity index is 1480. The van der Waals surface area contributed by atoms with Gasteiger partial charge < -0.3 is 19.9 Å². The van der Waals surface area contributed by atoms with E-state index in [1.807, 2.05) is 13.8 Å². The van der Waals surface area contributed by atoms with Crippen LogP contribution in [0.4, 0.5) is 8.78 Å². The van der Waals surface area contributed by atoms with Crippen molar-refractivity contribution in [2.45, 2.75) is 52.6 Å². The third-order valence-corrected chi connectivity index (χ3v) is 6.39. The highest BCUT2D eigenvalue weighted by Gasteiger charge is 2.30. The van der Waals surface area contributed by atoms with Crippen molar-refractivity contribution >= 4 is 17.8 Å². The van der Waals surface area contributed by atoms with Crippen LogP contribution in [0.5, 0.6) is 0 Å². The van der Waals surface area contributed by atoms with Gasteiger partial charge in [-0.25, -0.2) is 13.5 Å². The number of nitrogens with zero attached hydrogens (tertiary/aromatic N) is 4. The molecule has 0 saturated heterocycles. The van der Waals surface area contributed by atoms with Crippen molar-refractivity contribution in [3.63, 3.8) is 0 Å². The lowest BCUT2D eigenvalue weighted by atomic mass is 9.97. The van der Waals surface area contributed by atoms with Gasteiger partial charge in [-0.1, -0.05) is 19.1 Å². The van der Waals surface area contributed by atoms with Gasteiger partial charge in [0.25, 0.3) is 11.5 Å². The fraction of sp³-hybridized carbons (Fsp3) is 0.429. The molecule has 3 rings (SSSR count). The summed E-state index contributed by atoms with van der Waals surface area (Å²) < 4.78 is 37.8. The van der Waals surface area contributed by atoms with Gasteiger partial charge in [-0.15, -0.1) is 5.10 Å². The third-order valence-electron chi connectivity index (χ3n) is 6.39. The van der Waals surface area contributed by atoms with Crippen LogP contribution in [0.25, 0.3) is 11.3 Å². The maximum Gasteiger partial charge on any atom is 0.308 e. The van der Waals surface area contributed by atoms with Gasteiger partial charge in [-0.2, -0.15) is 0 Å². The number of hydrogen-bond donors (Lipinski definition) is 2. The fourth-order valence-corrected chi connectivity index (χ4v) is 4.46. The molecule has 1 aromatic carbocycles. The smallest absolute Gasteiger partial charge is 0.308 e. The molecule has 3 aromatic rings. The van der Waals surface area contributed by atoms with Crippen LogP contribution in [0.2, 0.25) is 0 Å². The van der Waals surface area contributed by atoms with Gasteiger partial charge >= 0.3 is 5.97 Å². The summed E-state index contributed by atoms with van der Waals surface area (Å²) in [6.07, 6.45) is 1.14. The summed E-state index contributed by atoms with van der Waals surface area (Å²) in [6, 6.07) is 2.65. The molecule has 2 amide bonds. The number of amides is 2. The van der Waals surface area contributed by atoms with Gasteiger partial charge in [0, 0.05) is 31.4 Å². The zero-order valence-electron chi connectivity index (χ0n) is 23.8. The summed E-state index contributed by atoms with van der Waals surface area (Å²) in [4.78, 5) is 51.4. The van der Waals surface area contributed by atoms with Gasteiger partial charge in [-0.3, -0.25) is 19.2 Å². The lowest BCUT2D eigenvalue weighted by Gasteiger charge is -2.25. The molecule has 0 aliphatic heterocycles. The molecule has 41 heavy (non-hydrogen) atoms. The summed E-state index contributed by atoms with van der Waals surface area (Å²) >= 11 is 0. The number of aromatic nitrogens is 4. The van der Waals surface area contributed by atoms with Crippen LogP contribution in [0.15, 0.2) is 35.3 Å². The lowest BCUT2D eigenvalue weighted by molar-refractivity contribution is -0.143. The zero-order valence-corrected chi connectivity index (χ0v) is 23.8. The first-order valence-electron chi connectivity index (χ1n) is 13.1. The van der Waals surface area contributed by atoms with E-state index in [0.717, 1.165) is 6.07 Å².